The van der Waals surface area contributed by atoms with Crippen LogP contribution in [0.25, 0.3) is 16.3 Å². The van der Waals surface area contributed by atoms with Gasteiger partial charge in [-0.15, -0.1) is 11.3 Å². The lowest BCUT2D eigenvalue weighted by Crippen LogP contribution is -2.22. The standard InChI is InChI=1S/C22H27N7O2SSi/c1-16-9-19(5-6-23-16)29-13-18(11-25-29)26-21(30)20-14-32-22(27-20)17-10-24-28(12-17)15-31-7-8-33(2,3)4/h5-6,9-14H,7-8,15H2,1-4H3,(H,26,30). The highest BCUT2D eigenvalue weighted by Crippen LogP contribution is 2.24. The molecule has 1 amide bonds. The predicted octanol–water partition coefficient (Wildman–Crippen LogP) is 4.46. The minimum Gasteiger partial charge on any atom is -0.360 e. The topological polar surface area (TPSA) is 99.8 Å². The van der Waals surface area contributed by atoms with E-state index in [1.807, 2.05) is 25.3 Å². The van der Waals surface area contributed by atoms with Gasteiger partial charge in [0, 0.05) is 43.7 Å². The molecule has 0 fully saturated rings. The molecule has 4 heterocycles. The van der Waals surface area contributed by atoms with Crippen LogP contribution < -0.4 is 5.32 Å². The highest BCUT2D eigenvalue weighted by atomic mass is 32.1. The molecule has 0 aromatic carbocycles. The molecule has 9 nitrogen and oxygen atoms in total. The molecule has 172 valence electrons. The van der Waals surface area contributed by atoms with Crippen LogP contribution in [0.3, 0.4) is 0 Å². The van der Waals surface area contributed by atoms with E-state index in [2.05, 4.69) is 45.1 Å². The van der Waals surface area contributed by atoms with Crippen LogP contribution in [0.15, 0.2) is 48.5 Å². The van der Waals surface area contributed by atoms with Gasteiger partial charge in [-0.2, -0.15) is 10.2 Å². The van der Waals surface area contributed by atoms with Gasteiger partial charge in [0.1, 0.15) is 17.4 Å². The molecule has 0 aliphatic heterocycles. The zero-order valence-corrected chi connectivity index (χ0v) is 21.0. The highest BCUT2D eigenvalue weighted by molar-refractivity contribution is 7.13. The van der Waals surface area contributed by atoms with Crippen LogP contribution in [-0.4, -0.2) is 50.1 Å². The largest absolute Gasteiger partial charge is 0.360 e. The van der Waals surface area contributed by atoms with Gasteiger partial charge in [-0.1, -0.05) is 19.6 Å². The Hall–Kier alpha value is -3.15. The first kappa shape index (κ1) is 23.0. The summed E-state index contributed by atoms with van der Waals surface area (Å²) in [5.41, 5.74) is 3.56. The van der Waals surface area contributed by atoms with E-state index in [9.17, 15) is 4.79 Å². The molecular weight excluding hydrogens is 454 g/mol. The molecule has 33 heavy (non-hydrogen) atoms. The molecule has 0 aliphatic carbocycles. The summed E-state index contributed by atoms with van der Waals surface area (Å²) >= 11 is 1.40. The maximum atomic E-state index is 12.7. The zero-order valence-electron chi connectivity index (χ0n) is 19.1. The second kappa shape index (κ2) is 9.77. The summed E-state index contributed by atoms with van der Waals surface area (Å²) < 4.78 is 9.18. The normalized spacial score (nSPS) is 11.6. The van der Waals surface area contributed by atoms with Gasteiger partial charge in [-0.25, -0.2) is 14.3 Å². The number of anilines is 1. The summed E-state index contributed by atoms with van der Waals surface area (Å²) in [6, 6.07) is 4.89. The number of nitrogens with one attached hydrogen (secondary N) is 1. The van der Waals surface area contributed by atoms with Crippen LogP contribution in [0.1, 0.15) is 16.2 Å². The number of thiazole rings is 1. The molecular formula is C22H27N7O2SSi. The summed E-state index contributed by atoms with van der Waals surface area (Å²) in [7, 11) is -1.11. The fourth-order valence-electron chi connectivity index (χ4n) is 2.99. The Bertz CT molecular complexity index is 1240. The van der Waals surface area contributed by atoms with E-state index in [1.54, 1.807) is 39.5 Å². The fraction of sp³-hybridized carbons (Fsp3) is 0.318. The zero-order chi connectivity index (χ0) is 23.4. The molecule has 0 saturated heterocycles. The molecule has 0 unspecified atom stereocenters. The van der Waals surface area contributed by atoms with Gasteiger partial charge >= 0.3 is 0 Å². The number of carbonyl (C=O) groups excluding carboxylic acids is 1. The summed E-state index contributed by atoms with van der Waals surface area (Å²) in [5.74, 6) is -0.287. The van der Waals surface area contributed by atoms with Crippen molar-refractivity contribution >= 4 is 31.0 Å². The van der Waals surface area contributed by atoms with Crippen molar-refractivity contribution in [1.29, 1.82) is 0 Å². The van der Waals surface area contributed by atoms with Gasteiger partial charge < -0.3 is 10.1 Å². The van der Waals surface area contributed by atoms with Gasteiger partial charge in [0.15, 0.2) is 0 Å². The molecule has 4 rings (SSSR count). The van der Waals surface area contributed by atoms with E-state index in [4.69, 9.17) is 4.74 Å². The van der Waals surface area contributed by atoms with Crippen LogP contribution in [0.4, 0.5) is 5.69 Å². The Balaban J connectivity index is 1.35. The van der Waals surface area contributed by atoms with Crippen molar-refractivity contribution in [3.05, 3.63) is 59.9 Å². The number of carbonyl (C=O) groups is 1. The van der Waals surface area contributed by atoms with Crippen molar-refractivity contribution in [2.75, 3.05) is 11.9 Å². The molecule has 0 bridgehead atoms. The Morgan fingerprint density at radius 2 is 2.06 bits per heavy atom. The number of rotatable bonds is 9. The molecule has 0 aliphatic rings. The van der Waals surface area contributed by atoms with E-state index in [0.717, 1.165) is 34.6 Å². The maximum Gasteiger partial charge on any atom is 0.275 e. The van der Waals surface area contributed by atoms with Gasteiger partial charge in [0.25, 0.3) is 5.91 Å². The monoisotopic (exact) mass is 481 g/mol. The van der Waals surface area contributed by atoms with E-state index in [0.29, 0.717) is 18.1 Å². The quantitative estimate of drug-likeness (QED) is 0.280. The van der Waals surface area contributed by atoms with Gasteiger partial charge in [-0.3, -0.25) is 9.78 Å². The van der Waals surface area contributed by atoms with Crippen LogP contribution in [0, 0.1) is 6.92 Å². The van der Waals surface area contributed by atoms with Crippen molar-refractivity contribution in [3.63, 3.8) is 0 Å². The Kier molecular flexibility index (Phi) is 6.82. The number of pyridine rings is 1. The first-order chi connectivity index (χ1) is 15.8. The average Bonchev–Trinajstić information content (AvgIpc) is 3.50. The lowest BCUT2D eigenvalue weighted by molar-refractivity contribution is 0.0786. The lowest BCUT2D eigenvalue weighted by atomic mass is 10.3. The van der Waals surface area contributed by atoms with E-state index < -0.39 is 8.07 Å². The third-order valence-corrected chi connectivity index (χ3v) is 7.42. The number of nitrogens with zero attached hydrogens (tertiary/aromatic N) is 6. The average molecular weight is 482 g/mol. The predicted molar refractivity (Wildman–Crippen MR) is 131 cm³/mol. The summed E-state index contributed by atoms with van der Waals surface area (Å²) in [4.78, 5) is 21.3. The minimum atomic E-state index is -1.11. The van der Waals surface area contributed by atoms with Gasteiger partial charge in [-0.05, 0) is 25.1 Å². The summed E-state index contributed by atoms with van der Waals surface area (Å²) in [6.07, 6.45) is 8.71. The molecule has 0 radical (unpaired) electrons. The molecule has 1 N–H and O–H groups in total. The van der Waals surface area contributed by atoms with E-state index in [1.165, 1.54) is 11.3 Å². The number of hydrogen-bond acceptors (Lipinski definition) is 7. The number of ether oxygens (including phenoxy) is 1. The molecule has 4 aromatic rings. The van der Waals surface area contributed by atoms with Crippen LogP contribution >= 0.6 is 11.3 Å². The van der Waals surface area contributed by atoms with Crippen LogP contribution in [0.5, 0.6) is 0 Å². The SMILES string of the molecule is Cc1cc(-n2cc(NC(=O)c3csc(-c4cnn(COCC[Si](C)(C)C)c4)n3)cn2)ccn1. The minimum absolute atomic E-state index is 0.287. The van der Waals surface area contributed by atoms with Crippen molar-refractivity contribution in [3.8, 4) is 16.3 Å². The third-order valence-electron chi connectivity index (χ3n) is 4.82. The van der Waals surface area contributed by atoms with Gasteiger partial charge in [0.05, 0.1) is 30.0 Å². The second-order valence-electron chi connectivity index (χ2n) is 8.94. The fourth-order valence-corrected chi connectivity index (χ4v) is 4.52. The summed E-state index contributed by atoms with van der Waals surface area (Å²) in [6.45, 7) is 10.0. The van der Waals surface area contributed by atoms with Crippen LogP contribution in [0.2, 0.25) is 25.7 Å². The lowest BCUT2D eigenvalue weighted by Gasteiger charge is -2.15. The first-order valence-electron chi connectivity index (χ1n) is 10.6. The van der Waals surface area contributed by atoms with Crippen molar-refractivity contribution in [2.45, 2.75) is 39.3 Å². The number of amides is 1. The first-order valence-corrected chi connectivity index (χ1v) is 15.2. The molecule has 4 aromatic heterocycles. The van der Waals surface area contributed by atoms with Crippen molar-refractivity contribution in [2.24, 2.45) is 0 Å². The Morgan fingerprint density at radius 3 is 2.85 bits per heavy atom. The Labute approximate surface area is 197 Å². The number of aryl methyl sites for hydroxylation is 1. The highest BCUT2D eigenvalue weighted by Gasteiger charge is 2.15. The maximum absolute atomic E-state index is 12.7. The van der Waals surface area contributed by atoms with Gasteiger partial charge in [0.2, 0.25) is 0 Å². The second-order valence-corrected chi connectivity index (χ2v) is 15.4. The van der Waals surface area contributed by atoms with E-state index >= 15 is 0 Å². The van der Waals surface area contributed by atoms with Crippen LogP contribution in [-0.2, 0) is 11.5 Å². The molecule has 11 heteroatoms. The summed E-state index contributed by atoms with van der Waals surface area (Å²) in [5, 5.41) is 14.0. The van der Waals surface area contributed by atoms with E-state index in [-0.39, 0.29) is 5.91 Å². The van der Waals surface area contributed by atoms with Crippen molar-refractivity contribution in [1.82, 2.24) is 29.5 Å². The molecule has 0 spiro atoms. The Morgan fingerprint density at radius 1 is 1.21 bits per heavy atom. The molecule has 0 atom stereocenters. The third kappa shape index (κ3) is 6.21. The number of hydrogen-bond donors (Lipinski definition) is 1. The number of aromatic nitrogens is 6. The smallest absolute Gasteiger partial charge is 0.275 e. The molecule has 0 saturated carbocycles. The van der Waals surface area contributed by atoms with Crippen molar-refractivity contribution < 1.29 is 9.53 Å².